The fraction of sp³-hybridized carbons (Fsp3) is 0.857. The van der Waals surface area contributed by atoms with E-state index in [-0.39, 0.29) is 45.4 Å². The number of aliphatic hydroxyl groups excluding tert-OH is 1. The highest BCUT2D eigenvalue weighted by molar-refractivity contribution is 5.77. The molecule has 2 fully saturated rings. The molecular formula is C14H22O10. The molecular weight excluding hydrogens is 328 g/mol. The lowest BCUT2D eigenvalue weighted by atomic mass is 10.3. The van der Waals surface area contributed by atoms with Crippen LogP contribution in [0.3, 0.4) is 0 Å². The number of rotatable bonds is 9. The monoisotopic (exact) mass is 350 g/mol. The van der Waals surface area contributed by atoms with Crippen molar-refractivity contribution in [2.75, 3.05) is 33.0 Å². The topological polar surface area (TPSA) is 119 Å². The highest BCUT2D eigenvalue weighted by Gasteiger charge is 2.28. The van der Waals surface area contributed by atoms with Crippen LogP contribution in [0.4, 0.5) is 0 Å². The van der Waals surface area contributed by atoms with E-state index >= 15 is 0 Å². The van der Waals surface area contributed by atoms with Gasteiger partial charge in [-0.05, 0) is 6.92 Å². The van der Waals surface area contributed by atoms with Gasteiger partial charge in [0.1, 0.15) is 25.4 Å². The van der Waals surface area contributed by atoms with E-state index in [0.717, 1.165) is 0 Å². The second kappa shape index (κ2) is 9.87. The van der Waals surface area contributed by atoms with E-state index in [1.807, 2.05) is 6.92 Å². The summed E-state index contributed by atoms with van der Waals surface area (Å²) in [4.78, 5) is 23.1. The van der Waals surface area contributed by atoms with E-state index in [2.05, 4.69) is 0 Å². The Morgan fingerprint density at radius 1 is 1.00 bits per heavy atom. The van der Waals surface area contributed by atoms with Gasteiger partial charge in [0.25, 0.3) is 13.0 Å². The van der Waals surface area contributed by atoms with Gasteiger partial charge >= 0.3 is 11.9 Å². The molecule has 2 aliphatic rings. The molecule has 24 heavy (non-hydrogen) atoms. The Morgan fingerprint density at radius 2 is 1.58 bits per heavy atom. The number of hydrogen-bond donors (Lipinski definition) is 1. The lowest BCUT2D eigenvalue weighted by Crippen LogP contribution is -2.23. The van der Waals surface area contributed by atoms with Crippen LogP contribution in [-0.4, -0.2) is 75.2 Å². The number of carbonyl (C=O) groups is 2. The fourth-order valence-electron chi connectivity index (χ4n) is 1.97. The Balaban J connectivity index is 1.50. The molecule has 0 saturated carbocycles. The smallest absolute Gasteiger partial charge is 0.306 e. The van der Waals surface area contributed by atoms with Gasteiger partial charge in [0.2, 0.25) is 0 Å². The normalized spacial score (nSPS) is 29.6. The van der Waals surface area contributed by atoms with Crippen LogP contribution in [-0.2, 0) is 42.7 Å². The van der Waals surface area contributed by atoms with Crippen LogP contribution in [0.15, 0.2) is 0 Å². The molecule has 0 aromatic heterocycles. The van der Waals surface area contributed by atoms with E-state index in [1.54, 1.807) is 0 Å². The number of aliphatic hydroxyl groups is 1. The molecule has 0 aromatic carbocycles. The van der Waals surface area contributed by atoms with Gasteiger partial charge < -0.3 is 38.3 Å². The van der Waals surface area contributed by atoms with Crippen LogP contribution < -0.4 is 0 Å². The average Bonchev–Trinajstić information content (AvgIpc) is 3.18. The number of hydrogen-bond acceptors (Lipinski definition) is 10. The fourth-order valence-corrected chi connectivity index (χ4v) is 1.97. The van der Waals surface area contributed by atoms with Gasteiger partial charge in [-0.1, -0.05) is 0 Å². The Hall–Kier alpha value is -1.30. The summed E-state index contributed by atoms with van der Waals surface area (Å²) in [5.41, 5.74) is 0. The van der Waals surface area contributed by atoms with Crippen molar-refractivity contribution in [2.45, 2.75) is 44.9 Å². The van der Waals surface area contributed by atoms with E-state index in [9.17, 15) is 9.59 Å². The summed E-state index contributed by atoms with van der Waals surface area (Å²) in [6.45, 7) is 0.655. The minimum Gasteiger partial charge on any atom is -0.463 e. The standard InChI is InChI=1S/C14H22O10/c1-2-18-14-22-8-10(24-14)6-20-12(16)4-3-11(15)19-5-9-7-21-13(17)23-9/h9-10,13-14,17H,2-8H2,1H3. The zero-order valence-electron chi connectivity index (χ0n) is 13.4. The maximum atomic E-state index is 11.6. The second-order valence-corrected chi connectivity index (χ2v) is 5.10. The van der Waals surface area contributed by atoms with Gasteiger partial charge in [-0.15, -0.1) is 0 Å². The molecule has 2 aliphatic heterocycles. The van der Waals surface area contributed by atoms with E-state index in [0.29, 0.717) is 6.61 Å². The van der Waals surface area contributed by atoms with Crippen molar-refractivity contribution >= 4 is 11.9 Å². The molecule has 0 aromatic rings. The van der Waals surface area contributed by atoms with E-state index < -0.39 is 31.0 Å². The highest BCUT2D eigenvalue weighted by Crippen LogP contribution is 2.13. The molecule has 10 nitrogen and oxygen atoms in total. The number of carbonyl (C=O) groups excluding carboxylic acids is 2. The number of ether oxygens (including phenoxy) is 7. The molecule has 0 bridgehead atoms. The number of esters is 2. The molecule has 2 heterocycles. The Kier molecular flexibility index (Phi) is 7.82. The first-order chi connectivity index (χ1) is 11.6. The summed E-state index contributed by atoms with van der Waals surface area (Å²) < 4.78 is 35.2. The van der Waals surface area contributed by atoms with E-state index in [4.69, 9.17) is 38.3 Å². The maximum absolute atomic E-state index is 11.6. The van der Waals surface area contributed by atoms with Gasteiger partial charge in [-0.25, -0.2) is 0 Å². The summed E-state index contributed by atoms with van der Waals surface area (Å²) in [7, 11) is 0. The van der Waals surface area contributed by atoms with Crippen molar-refractivity contribution in [2.24, 2.45) is 0 Å². The highest BCUT2D eigenvalue weighted by atomic mass is 16.9. The van der Waals surface area contributed by atoms with Crippen LogP contribution >= 0.6 is 0 Å². The third kappa shape index (κ3) is 6.67. The summed E-state index contributed by atoms with van der Waals surface area (Å²) in [6, 6.07) is 0. The first-order valence-electron chi connectivity index (χ1n) is 7.72. The maximum Gasteiger partial charge on any atom is 0.306 e. The summed E-state index contributed by atoms with van der Waals surface area (Å²) in [5.74, 6) is -1.10. The molecule has 2 saturated heterocycles. The van der Waals surface area contributed by atoms with Gasteiger partial charge in [-0.2, -0.15) is 0 Å². The Morgan fingerprint density at radius 3 is 2.12 bits per heavy atom. The molecule has 0 aliphatic carbocycles. The van der Waals surface area contributed by atoms with Crippen LogP contribution in [0.2, 0.25) is 0 Å². The third-order valence-electron chi connectivity index (χ3n) is 3.15. The predicted octanol–water partition coefficient (Wildman–Crippen LogP) is -0.720. The Labute approximate surface area is 138 Å². The predicted molar refractivity (Wildman–Crippen MR) is 74.2 cm³/mol. The molecule has 0 spiro atoms. The zero-order valence-corrected chi connectivity index (χ0v) is 13.4. The van der Waals surface area contributed by atoms with Gasteiger partial charge in [0, 0.05) is 6.61 Å². The van der Waals surface area contributed by atoms with E-state index in [1.165, 1.54) is 0 Å². The first-order valence-corrected chi connectivity index (χ1v) is 7.72. The van der Waals surface area contributed by atoms with Crippen molar-refractivity contribution < 1.29 is 47.9 Å². The zero-order chi connectivity index (χ0) is 17.4. The largest absolute Gasteiger partial charge is 0.463 e. The van der Waals surface area contributed by atoms with Gasteiger partial charge in [-0.3, -0.25) is 9.59 Å². The molecule has 138 valence electrons. The van der Waals surface area contributed by atoms with Crippen molar-refractivity contribution in [3.05, 3.63) is 0 Å². The lowest BCUT2D eigenvalue weighted by Gasteiger charge is -2.11. The minimum absolute atomic E-state index is 0.0304. The van der Waals surface area contributed by atoms with Crippen LogP contribution in [0, 0.1) is 0 Å². The van der Waals surface area contributed by atoms with Gasteiger partial charge in [0.05, 0.1) is 26.1 Å². The third-order valence-corrected chi connectivity index (χ3v) is 3.15. The van der Waals surface area contributed by atoms with Crippen LogP contribution in [0.25, 0.3) is 0 Å². The SMILES string of the molecule is CCOC1OCC(COC(=O)CCC(=O)OCC2COC(O)O2)O1. The van der Waals surface area contributed by atoms with Crippen molar-refractivity contribution in [3.8, 4) is 0 Å². The lowest BCUT2D eigenvalue weighted by molar-refractivity contribution is -0.237. The average molecular weight is 350 g/mol. The molecule has 10 heteroatoms. The molecule has 0 amide bonds. The van der Waals surface area contributed by atoms with Crippen LogP contribution in [0.1, 0.15) is 19.8 Å². The van der Waals surface area contributed by atoms with Gasteiger partial charge in [0.15, 0.2) is 0 Å². The summed E-state index contributed by atoms with van der Waals surface area (Å²) in [6.07, 6.45) is -1.11. The molecule has 2 rings (SSSR count). The molecule has 1 N–H and O–H groups in total. The molecule has 4 unspecified atom stereocenters. The van der Waals surface area contributed by atoms with Crippen molar-refractivity contribution in [1.29, 1.82) is 0 Å². The molecule has 4 atom stereocenters. The minimum atomic E-state index is -1.28. The Bertz CT molecular complexity index is 414. The summed E-state index contributed by atoms with van der Waals surface area (Å²) in [5, 5.41) is 8.96. The van der Waals surface area contributed by atoms with Crippen molar-refractivity contribution in [1.82, 2.24) is 0 Å². The second-order valence-electron chi connectivity index (χ2n) is 5.10. The van der Waals surface area contributed by atoms with Crippen LogP contribution in [0.5, 0.6) is 0 Å². The van der Waals surface area contributed by atoms with Crippen molar-refractivity contribution in [3.63, 3.8) is 0 Å². The summed E-state index contributed by atoms with van der Waals surface area (Å²) >= 11 is 0. The first kappa shape index (κ1) is 19.0. The quantitative estimate of drug-likeness (QED) is 0.534. The molecule has 0 radical (unpaired) electrons.